The van der Waals surface area contributed by atoms with Gasteiger partial charge >= 0.3 is 0 Å². The lowest BCUT2D eigenvalue weighted by atomic mass is 10.1. The Bertz CT molecular complexity index is 966. The largest absolute Gasteiger partial charge is 0.348 e. The number of unbranched alkanes of at least 4 members (excludes halogenated alkanes) is 1. The van der Waals surface area contributed by atoms with E-state index in [4.69, 9.17) is 5.73 Å². The van der Waals surface area contributed by atoms with E-state index in [2.05, 4.69) is 27.5 Å². The minimum absolute atomic E-state index is 0.0492. The normalized spacial score (nSPS) is 11.9. The number of rotatable bonds is 8. The molecule has 0 saturated carbocycles. The smallest absolute Gasteiger partial charge is 0.255 e. The molecule has 1 aromatic heterocycles. The van der Waals surface area contributed by atoms with Crippen LogP contribution in [0.3, 0.4) is 0 Å². The van der Waals surface area contributed by atoms with Gasteiger partial charge in [-0.3, -0.25) is 9.59 Å². The zero-order valence-electron chi connectivity index (χ0n) is 15.9. The van der Waals surface area contributed by atoms with Crippen LogP contribution >= 0.6 is 0 Å². The molecule has 7 nitrogen and oxygen atoms in total. The van der Waals surface area contributed by atoms with Gasteiger partial charge in [-0.25, -0.2) is 4.98 Å². The van der Waals surface area contributed by atoms with Crippen LogP contribution in [0.5, 0.6) is 0 Å². The standard InChI is InChI=1S/C21H25N5O2/c1-2-3-6-17(12-22)26-20(27)14-5-4-7-16(10-14)25-21(28)15-8-9-18-19(11-15)24-13-23-18/h4-5,7-11,13,17H,2-3,6,12,22H2,1H3,(H,23,24)(H,25,28)(H,26,27). The molecule has 1 unspecified atom stereocenters. The average Bonchev–Trinajstić information content (AvgIpc) is 3.19. The van der Waals surface area contributed by atoms with Crippen molar-refractivity contribution in [3.05, 3.63) is 59.9 Å². The van der Waals surface area contributed by atoms with Gasteiger partial charge in [0, 0.05) is 29.4 Å². The zero-order chi connectivity index (χ0) is 19.9. The molecule has 1 heterocycles. The third kappa shape index (κ3) is 4.75. The third-order valence-corrected chi connectivity index (χ3v) is 4.59. The van der Waals surface area contributed by atoms with Crippen LogP contribution < -0.4 is 16.4 Å². The number of aromatic nitrogens is 2. The lowest BCUT2D eigenvalue weighted by Crippen LogP contribution is -2.40. The minimum Gasteiger partial charge on any atom is -0.348 e. The van der Waals surface area contributed by atoms with E-state index in [1.807, 2.05) is 0 Å². The van der Waals surface area contributed by atoms with Crippen molar-refractivity contribution in [3.63, 3.8) is 0 Å². The van der Waals surface area contributed by atoms with Gasteiger partial charge in [0.2, 0.25) is 0 Å². The van der Waals surface area contributed by atoms with Crippen molar-refractivity contribution in [3.8, 4) is 0 Å². The van der Waals surface area contributed by atoms with Gasteiger partial charge < -0.3 is 21.4 Å². The number of benzene rings is 2. The second kappa shape index (κ2) is 9.14. The molecule has 3 aromatic rings. The van der Waals surface area contributed by atoms with E-state index in [1.165, 1.54) is 0 Å². The molecular weight excluding hydrogens is 354 g/mol. The number of nitrogens with one attached hydrogen (secondary N) is 3. The summed E-state index contributed by atoms with van der Waals surface area (Å²) in [6, 6.07) is 12.1. The van der Waals surface area contributed by atoms with E-state index < -0.39 is 0 Å². The maximum atomic E-state index is 12.5. The second-order valence-corrected chi connectivity index (χ2v) is 6.72. The van der Waals surface area contributed by atoms with E-state index >= 15 is 0 Å². The first-order valence-electron chi connectivity index (χ1n) is 9.46. The number of anilines is 1. The molecule has 7 heteroatoms. The molecule has 0 spiro atoms. The lowest BCUT2D eigenvalue weighted by Gasteiger charge is -2.16. The maximum absolute atomic E-state index is 12.5. The van der Waals surface area contributed by atoms with Crippen LogP contribution in [0.25, 0.3) is 11.0 Å². The summed E-state index contributed by atoms with van der Waals surface area (Å²) in [4.78, 5) is 32.2. The highest BCUT2D eigenvalue weighted by molar-refractivity contribution is 6.06. The first-order valence-corrected chi connectivity index (χ1v) is 9.46. The molecule has 0 bridgehead atoms. The number of nitrogens with two attached hydrogens (primary N) is 1. The summed E-state index contributed by atoms with van der Waals surface area (Å²) in [5.74, 6) is -0.446. The number of carbonyl (C=O) groups is 2. The van der Waals surface area contributed by atoms with Crippen LogP contribution in [-0.2, 0) is 0 Å². The zero-order valence-corrected chi connectivity index (χ0v) is 15.9. The van der Waals surface area contributed by atoms with Crippen LogP contribution in [0.15, 0.2) is 48.8 Å². The summed E-state index contributed by atoms with van der Waals surface area (Å²) in [7, 11) is 0. The summed E-state index contributed by atoms with van der Waals surface area (Å²) in [6.07, 6.45) is 4.51. The molecule has 0 fully saturated rings. The van der Waals surface area contributed by atoms with E-state index in [9.17, 15) is 9.59 Å². The Morgan fingerprint density at radius 1 is 1.14 bits per heavy atom. The molecule has 5 N–H and O–H groups in total. The van der Waals surface area contributed by atoms with Gasteiger partial charge in [-0.1, -0.05) is 25.8 Å². The first-order chi connectivity index (χ1) is 13.6. The molecule has 0 saturated heterocycles. The van der Waals surface area contributed by atoms with E-state index in [0.717, 1.165) is 30.3 Å². The van der Waals surface area contributed by atoms with Gasteiger partial charge in [0.15, 0.2) is 0 Å². The quantitative estimate of drug-likeness (QED) is 0.482. The van der Waals surface area contributed by atoms with Crippen molar-refractivity contribution in [2.24, 2.45) is 5.73 Å². The fourth-order valence-electron chi connectivity index (χ4n) is 2.99. The highest BCUT2D eigenvalue weighted by Crippen LogP contribution is 2.16. The fraction of sp³-hybridized carbons (Fsp3) is 0.286. The maximum Gasteiger partial charge on any atom is 0.255 e. The number of nitrogens with zero attached hydrogens (tertiary/aromatic N) is 1. The molecule has 28 heavy (non-hydrogen) atoms. The number of H-pyrrole nitrogens is 1. The van der Waals surface area contributed by atoms with E-state index in [0.29, 0.717) is 23.4 Å². The Balaban J connectivity index is 1.68. The number of fused-ring (bicyclic) bond motifs is 1. The summed E-state index contributed by atoms with van der Waals surface area (Å²) < 4.78 is 0. The minimum atomic E-state index is -0.253. The fourth-order valence-corrected chi connectivity index (χ4v) is 2.99. The van der Waals surface area contributed by atoms with Crippen molar-refractivity contribution in [1.29, 1.82) is 0 Å². The molecule has 146 valence electrons. The summed E-state index contributed by atoms with van der Waals surface area (Å²) >= 11 is 0. The van der Waals surface area contributed by atoms with Crippen molar-refractivity contribution >= 4 is 28.5 Å². The van der Waals surface area contributed by atoms with E-state index in [-0.39, 0.29) is 17.9 Å². The highest BCUT2D eigenvalue weighted by Gasteiger charge is 2.13. The molecule has 0 aliphatic heterocycles. The number of carbonyl (C=O) groups excluding carboxylic acids is 2. The Morgan fingerprint density at radius 2 is 1.96 bits per heavy atom. The van der Waals surface area contributed by atoms with Crippen LogP contribution in [0, 0.1) is 0 Å². The van der Waals surface area contributed by atoms with E-state index in [1.54, 1.807) is 48.8 Å². The Kier molecular flexibility index (Phi) is 6.39. The topological polar surface area (TPSA) is 113 Å². The van der Waals surface area contributed by atoms with Crippen LogP contribution in [0.2, 0.25) is 0 Å². The van der Waals surface area contributed by atoms with Crippen LogP contribution in [-0.4, -0.2) is 34.4 Å². The van der Waals surface area contributed by atoms with Crippen molar-refractivity contribution in [1.82, 2.24) is 15.3 Å². The summed E-state index contributed by atoms with van der Waals surface area (Å²) in [5.41, 5.74) is 8.89. The van der Waals surface area contributed by atoms with Gasteiger partial charge in [0.25, 0.3) is 11.8 Å². The molecule has 0 aliphatic rings. The molecular formula is C21H25N5O2. The van der Waals surface area contributed by atoms with Crippen LogP contribution in [0.4, 0.5) is 5.69 Å². The number of amides is 2. The van der Waals surface area contributed by atoms with Gasteiger partial charge in [-0.15, -0.1) is 0 Å². The van der Waals surface area contributed by atoms with Gasteiger partial charge in [0.05, 0.1) is 17.4 Å². The number of aromatic amines is 1. The van der Waals surface area contributed by atoms with Crippen molar-refractivity contribution in [2.75, 3.05) is 11.9 Å². The highest BCUT2D eigenvalue weighted by atomic mass is 16.2. The second-order valence-electron chi connectivity index (χ2n) is 6.72. The molecule has 2 aromatic carbocycles. The number of hydrogen-bond acceptors (Lipinski definition) is 4. The summed E-state index contributed by atoms with van der Waals surface area (Å²) in [6.45, 7) is 2.50. The SMILES string of the molecule is CCCCC(CN)NC(=O)c1cccc(NC(=O)c2ccc3nc[nH]c3c2)c1. The van der Waals surface area contributed by atoms with Crippen molar-refractivity contribution < 1.29 is 9.59 Å². The number of imidazole rings is 1. The van der Waals surface area contributed by atoms with Crippen molar-refractivity contribution in [2.45, 2.75) is 32.2 Å². The van der Waals surface area contributed by atoms with Crippen LogP contribution in [0.1, 0.15) is 46.9 Å². The Morgan fingerprint density at radius 3 is 2.75 bits per heavy atom. The number of hydrogen-bond donors (Lipinski definition) is 4. The predicted molar refractivity (Wildman–Crippen MR) is 110 cm³/mol. The van der Waals surface area contributed by atoms with Gasteiger partial charge in [0.1, 0.15) is 0 Å². The Hall–Kier alpha value is -3.19. The lowest BCUT2D eigenvalue weighted by molar-refractivity contribution is 0.0934. The molecule has 3 rings (SSSR count). The van der Waals surface area contributed by atoms with Gasteiger partial charge in [-0.2, -0.15) is 0 Å². The molecule has 0 aliphatic carbocycles. The average molecular weight is 379 g/mol. The third-order valence-electron chi connectivity index (χ3n) is 4.59. The Labute approximate surface area is 163 Å². The monoisotopic (exact) mass is 379 g/mol. The summed E-state index contributed by atoms with van der Waals surface area (Å²) in [5, 5.41) is 5.79. The molecule has 2 amide bonds. The first kappa shape index (κ1) is 19.6. The predicted octanol–water partition coefficient (Wildman–Crippen LogP) is 3.06. The molecule has 0 radical (unpaired) electrons. The van der Waals surface area contributed by atoms with Gasteiger partial charge in [-0.05, 0) is 42.8 Å². The molecule has 1 atom stereocenters.